The largest absolute Gasteiger partial charge is 0.474 e. The molecule has 0 bridgehead atoms. The maximum Gasteiger partial charge on any atom is 0.351 e. The van der Waals surface area contributed by atoms with Crippen molar-refractivity contribution in [3.63, 3.8) is 0 Å². The zero-order valence-electron chi connectivity index (χ0n) is 11.0. The van der Waals surface area contributed by atoms with Crippen LogP contribution in [0.25, 0.3) is 0 Å². The molecule has 4 nitrogen and oxygen atoms in total. The smallest absolute Gasteiger partial charge is 0.351 e. The van der Waals surface area contributed by atoms with E-state index in [4.69, 9.17) is 9.47 Å². The van der Waals surface area contributed by atoms with Crippen LogP contribution >= 0.6 is 0 Å². The molecule has 0 spiro atoms. The van der Waals surface area contributed by atoms with Crippen LogP contribution in [0.15, 0.2) is 54.6 Å². The lowest BCUT2D eigenvalue weighted by molar-refractivity contribution is -0.149. The molecule has 20 heavy (non-hydrogen) atoms. The minimum atomic E-state index is -0.830. The normalized spacial score (nSPS) is 11.4. The molecule has 0 fully saturated rings. The summed E-state index contributed by atoms with van der Waals surface area (Å²) in [5, 5.41) is 0. The second kappa shape index (κ2) is 6.52. The summed E-state index contributed by atoms with van der Waals surface area (Å²) >= 11 is 0. The quantitative estimate of drug-likeness (QED) is 0.619. The number of carbonyl (C=O) groups excluding carboxylic acids is 2. The standard InChI is InChI=1S/C16H14O4/c1-19-16(18)15(13-5-3-2-4-6-13)20-14-9-7-12(11-17)8-10-14/h2-11,15H,1H3. The summed E-state index contributed by atoms with van der Waals surface area (Å²) in [7, 11) is 1.32. The second-order valence-electron chi connectivity index (χ2n) is 4.12. The molecule has 0 saturated heterocycles. The van der Waals surface area contributed by atoms with E-state index in [0.717, 1.165) is 6.29 Å². The van der Waals surface area contributed by atoms with Crippen molar-refractivity contribution < 1.29 is 19.1 Å². The summed E-state index contributed by atoms with van der Waals surface area (Å²) in [4.78, 5) is 22.4. The van der Waals surface area contributed by atoms with Gasteiger partial charge < -0.3 is 9.47 Å². The van der Waals surface area contributed by atoms with Crippen LogP contribution in [0, 0.1) is 0 Å². The van der Waals surface area contributed by atoms with Gasteiger partial charge in [-0.3, -0.25) is 4.79 Å². The highest BCUT2D eigenvalue weighted by atomic mass is 16.6. The van der Waals surface area contributed by atoms with Crippen molar-refractivity contribution in [2.75, 3.05) is 7.11 Å². The third-order valence-corrected chi connectivity index (χ3v) is 2.79. The first-order chi connectivity index (χ1) is 9.74. The molecule has 0 aliphatic rings. The Kier molecular flexibility index (Phi) is 4.50. The predicted molar refractivity (Wildman–Crippen MR) is 73.7 cm³/mol. The van der Waals surface area contributed by atoms with Crippen molar-refractivity contribution in [1.82, 2.24) is 0 Å². The van der Waals surface area contributed by atoms with E-state index in [-0.39, 0.29) is 0 Å². The van der Waals surface area contributed by atoms with Gasteiger partial charge in [-0.05, 0) is 24.3 Å². The van der Waals surface area contributed by atoms with E-state index >= 15 is 0 Å². The van der Waals surface area contributed by atoms with Crippen molar-refractivity contribution in [3.05, 3.63) is 65.7 Å². The summed E-state index contributed by atoms with van der Waals surface area (Å²) in [6.45, 7) is 0. The molecule has 0 aliphatic heterocycles. The molecule has 0 N–H and O–H groups in total. The monoisotopic (exact) mass is 270 g/mol. The molecule has 102 valence electrons. The van der Waals surface area contributed by atoms with Gasteiger partial charge >= 0.3 is 5.97 Å². The fraction of sp³-hybridized carbons (Fsp3) is 0.125. The van der Waals surface area contributed by atoms with Crippen LogP contribution in [-0.2, 0) is 9.53 Å². The number of carbonyl (C=O) groups is 2. The van der Waals surface area contributed by atoms with Gasteiger partial charge in [-0.2, -0.15) is 0 Å². The van der Waals surface area contributed by atoms with E-state index in [1.165, 1.54) is 7.11 Å². The molecular weight excluding hydrogens is 256 g/mol. The molecule has 4 heteroatoms. The van der Waals surface area contributed by atoms with Crippen molar-refractivity contribution in [3.8, 4) is 5.75 Å². The van der Waals surface area contributed by atoms with Gasteiger partial charge in [-0.25, -0.2) is 4.79 Å². The van der Waals surface area contributed by atoms with E-state index in [0.29, 0.717) is 16.9 Å². The Hall–Kier alpha value is -2.62. The van der Waals surface area contributed by atoms with Crippen LogP contribution in [0.3, 0.4) is 0 Å². The lowest BCUT2D eigenvalue weighted by Crippen LogP contribution is -2.20. The first kappa shape index (κ1) is 13.8. The molecule has 0 radical (unpaired) electrons. The lowest BCUT2D eigenvalue weighted by Gasteiger charge is -2.17. The Balaban J connectivity index is 2.23. The van der Waals surface area contributed by atoms with E-state index in [1.807, 2.05) is 18.2 Å². The number of hydrogen-bond donors (Lipinski definition) is 0. The summed E-state index contributed by atoms with van der Waals surface area (Å²) < 4.78 is 10.4. The minimum Gasteiger partial charge on any atom is -0.474 e. The van der Waals surface area contributed by atoms with Gasteiger partial charge in [0.2, 0.25) is 6.10 Å². The number of hydrogen-bond acceptors (Lipinski definition) is 4. The molecule has 1 atom stereocenters. The first-order valence-electron chi connectivity index (χ1n) is 6.09. The van der Waals surface area contributed by atoms with Gasteiger partial charge in [-0.15, -0.1) is 0 Å². The van der Waals surface area contributed by atoms with Crippen molar-refractivity contribution >= 4 is 12.3 Å². The molecule has 2 rings (SSSR count). The van der Waals surface area contributed by atoms with Gasteiger partial charge in [0.25, 0.3) is 0 Å². The molecule has 0 heterocycles. The van der Waals surface area contributed by atoms with Crippen molar-refractivity contribution in [2.24, 2.45) is 0 Å². The number of benzene rings is 2. The van der Waals surface area contributed by atoms with E-state index in [2.05, 4.69) is 0 Å². The number of ether oxygens (including phenoxy) is 2. The van der Waals surface area contributed by atoms with Crippen molar-refractivity contribution in [1.29, 1.82) is 0 Å². The Morgan fingerprint density at radius 3 is 2.25 bits per heavy atom. The second-order valence-corrected chi connectivity index (χ2v) is 4.12. The summed E-state index contributed by atoms with van der Waals surface area (Å²) in [5.41, 5.74) is 1.26. The molecule has 0 amide bonds. The first-order valence-corrected chi connectivity index (χ1v) is 6.09. The van der Waals surface area contributed by atoms with E-state index < -0.39 is 12.1 Å². The Morgan fingerprint density at radius 2 is 1.70 bits per heavy atom. The van der Waals surface area contributed by atoms with Gasteiger partial charge in [0.05, 0.1) is 7.11 Å². The molecule has 2 aromatic rings. The molecule has 0 aliphatic carbocycles. The van der Waals surface area contributed by atoms with Gasteiger partial charge in [0, 0.05) is 11.1 Å². The van der Waals surface area contributed by atoms with Gasteiger partial charge in [0.15, 0.2) is 0 Å². The summed E-state index contributed by atoms with van der Waals surface area (Å²) in [6, 6.07) is 15.6. The maximum atomic E-state index is 11.8. The average molecular weight is 270 g/mol. The minimum absolute atomic E-state index is 0.476. The third kappa shape index (κ3) is 3.23. The fourth-order valence-electron chi connectivity index (χ4n) is 1.75. The third-order valence-electron chi connectivity index (χ3n) is 2.79. The van der Waals surface area contributed by atoms with E-state index in [1.54, 1.807) is 36.4 Å². The molecular formula is C16H14O4. The van der Waals surface area contributed by atoms with Crippen LogP contribution in [0.4, 0.5) is 0 Å². The SMILES string of the molecule is COC(=O)C(Oc1ccc(C=O)cc1)c1ccccc1. The number of rotatable bonds is 5. The van der Waals surface area contributed by atoms with Crippen LogP contribution in [0.1, 0.15) is 22.0 Å². The topological polar surface area (TPSA) is 52.6 Å². The Morgan fingerprint density at radius 1 is 1.05 bits per heavy atom. The highest BCUT2D eigenvalue weighted by Crippen LogP contribution is 2.23. The predicted octanol–water partition coefficient (Wildman–Crippen LogP) is 2.79. The summed E-state index contributed by atoms with van der Waals surface area (Å²) in [6.07, 6.45) is -0.0815. The number of methoxy groups -OCH3 is 1. The molecule has 1 unspecified atom stereocenters. The Bertz CT molecular complexity index is 575. The van der Waals surface area contributed by atoms with E-state index in [9.17, 15) is 9.59 Å². The van der Waals surface area contributed by atoms with Gasteiger partial charge in [-0.1, -0.05) is 30.3 Å². The summed E-state index contributed by atoms with van der Waals surface area (Å²) in [5.74, 6) is 0.0190. The number of esters is 1. The highest BCUT2D eigenvalue weighted by Gasteiger charge is 2.23. The lowest BCUT2D eigenvalue weighted by atomic mass is 10.1. The Labute approximate surface area is 116 Å². The van der Waals surface area contributed by atoms with Crippen LogP contribution in [-0.4, -0.2) is 19.4 Å². The average Bonchev–Trinajstić information content (AvgIpc) is 2.53. The van der Waals surface area contributed by atoms with Crippen LogP contribution < -0.4 is 4.74 Å². The zero-order valence-corrected chi connectivity index (χ0v) is 11.0. The fourth-order valence-corrected chi connectivity index (χ4v) is 1.75. The molecule has 0 saturated carbocycles. The number of aldehydes is 1. The highest BCUT2D eigenvalue weighted by molar-refractivity contribution is 5.77. The molecule has 0 aromatic heterocycles. The van der Waals surface area contributed by atoms with Crippen molar-refractivity contribution in [2.45, 2.75) is 6.10 Å². The van der Waals surface area contributed by atoms with Crippen LogP contribution in [0.5, 0.6) is 5.75 Å². The van der Waals surface area contributed by atoms with Crippen LogP contribution in [0.2, 0.25) is 0 Å². The zero-order chi connectivity index (χ0) is 14.4. The molecule has 2 aromatic carbocycles. The maximum absolute atomic E-state index is 11.8. The van der Waals surface area contributed by atoms with Gasteiger partial charge in [0.1, 0.15) is 12.0 Å².